The Bertz CT molecular complexity index is 453. The van der Waals surface area contributed by atoms with Crippen LogP contribution in [0.1, 0.15) is 37.6 Å². The Hall–Kier alpha value is -1.67. The van der Waals surface area contributed by atoms with Crippen molar-refractivity contribution in [2.45, 2.75) is 39.7 Å². The predicted octanol–water partition coefficient (Wildman–Crippen LogP) is 1.29. The van der Waals surface area contributed by atoms with E-state index in [9.17, 15) is 10.4 Å². The molecule has 98 valence electrons. The number of nitriles is 1. The second-order valence-electron chi connectivity index (χ2n) is 4.29. The number of aliphatic hydroxyl groups excluding tert-OH is 1. The van der Waals surface area contributed by atoms with Gasteiger partial charge in [-0.3, -0.25) is 0 Å². The summed E-state index contributed by atoms with van der Waals surface area (Å²) in [7, 11) is 1.82. The number of aryl methyl sites for hydroxylation is 1. The lowest BCUT2D eigenvalue weighted by Gasteiger charge is -2.25. The van der Waals surface area contributed by atoms with E-state index in [0.29, 0.717) is 11.4 Å². The molecule has 0 aliphatic carbocycles. The van der Waals surface area contributed by atoms with Crippen molar-refractivity contribution in [2.24, 2.45) is 0 Å². The summed E-state index contributed by atoms with van der Waals surface area (Å²) >= 11 is 0. The lowest BCUT2D eigenvalue weighted by Crippen LogP contribution is -2.33. The largest absolute Gasteiger partial charge is 0.394 e. The maximum absolute atomic E-state index is 9.35. The van der Waals surface area contributed by atoms with E-state index in [1.165, 1.54) is 0 Å². The third kappa shape index (κ3) is 2.59. The summed E-state index contributed by atoms with van der Waals surface area (Å²) in [5.41, 5.74) is 2.41. The Labute approximate surface area is 108 Å². The van der Waals surface area contributed by atoms with Gasteiger partial charge in [-0.15, -0.1) is 5.10 Å². The van der Waals surface area contributed by atoms with Gasteiger partial charge in [0.1, 0.15) is 11.6 Å². The van der Waals surface area contributed by atoms with Crippen LogP contribution < -0.4 is 4.90 Å². The van der Waals surface area contributed by atoms with Crippen LogP contribution in [0.5, 0.6) is 0 Å². The molecule has 5 heteroatoms. The van der Waals surface area contributed by atoms with Gasteiger partial charge in [-0.1, -0.05) is 13.8 Å². The van der Waals surface area contributed by atoms with Crippen molar-refractivity contribution < 1.29 is 5.11 Å². The molecule has 0 fully saturated rings. The first-order valence-electron chi connectivity index (χ1n) is 6.22. The molecule has 0 spiro atoms. The normalized spacial score (nSPS) is 12.0. The Morgan fingerprint density at radius 1 is 1.33 bits per heavy atom. The average molecular weight is 248 g/mol. The zero-order chi connectivity index (χ0) is 13.7. The van der Waals surface area contributed by atoms with Crippen molar-refractivity contribution in [3.8, 4) is 6.07 Å². The topological polar surface area (TPSA) is 73.0 Å². The molecule has 1 N–H and O–H groups in total. The number of hydrogen-bond acceptors (Lipinski definition) is 5. The van der Waals surface area contributed by atoms with E-state index in [0.717, 1.165) is 24.1 Å². The van der Waals surface area contributed by atoms with Gasteiger partial charge in [-0.25, -0.2) is 0 Å². The van der Waals surface area contributed by atoms with E-state index in [2.05, 4.69) is 16.3 Å². The highest BCUT2D eigenvalue weighted by molar-refractivity contribution is 5.58. The van der Waals surface area contributed by atoms with Gasteiger partial charge in [0.2, 0.25) is 0 Å². The maximum Gasteiger partial charge on any atom is 0.169 e. The minimum atomic E-state index is -0.0939. The van der Waals surface area contributed by atoms with E-state index in [4.69, 9.17) is 0 Å². The standard InChI is InChI=1S/C13H20N4O/c1-5-10-11(7-14)13(16-15-12(10)6-2)17(4)9(3)8-18/h9,18H,5-6,8H2,1-4H3. The van der Waals surface area contributed by atoms with Crippen molar-refractivity contribution >= 4 is 5.82 Å². The first kappa shape index (κ1) is 14.4. The van der Waals surface area contributed by atoms with Gasteiger partial charge < -0.3 is 10.0 Å². The van der Waals surface area contributed by atoms with Crippen molar-refractivity contribution in [2.75, 3.05) is 18.6 Å². The smallest absolute Gasteiger partial charge is 0.169 e. The fourth-order valence-electron chi connectivity index (χ4n) is 1.86. The van der Waals surface area contributed by atoms with Gasteiger partial charge in [0.15, 0.2) is 5.82 Å². The van der Waals surface area contributed by atoms with Gasteiger partial charge in [-0.2, -0.15) is 10.4 Å². The number of anilines is 1. The van der Waals surface area contributed by atoms with Crippen molar-refractivity contribution in [3.05, 3.63) is 16.8 Å². The summed E-state index contributed by atoms with van der Waals surface area (Å²) in [4.78, 5) is 1.80. The molecule has 5 nitrogen and oxygen atoms in total. The summed E-state index contributed by atoms with van der Waals surface area (Å²) in [6.07, 6.45) is 1.53. The van der Waals surface area contributed by atoms with Crippen molar-refractivity contribution in [3.63, 3.8) is 0 Å². The van der Waals surface area contributed by atoms with Crippen LogP contribution in [0.15, 0.2) is 0 Å². The number of hydrogen-bond donors (Lipinski definition) is 1. The van der Waals surface area contributed by atoms with Crippen LogP contribution in [0.4, 0.5) is 5.82 Å². The molecule has 1 atom stereocenters. The van der Waals surface area contributed by atoms with Crippen LogP contribution in [0.25, 0.3) is 0 Å². The summed E-state index contributed by atoms with van der Waals surface area (Å²) < 4.78 is 0. The molecule has 0 saturated heterocycles. The summed E-state index contributed by atoms with van der Waals surface area (Å²) in [6, 6.07) is 2.13. The summed E-state index contributed by atoms with van der Waals surface area (Å²) in [6.45, 7) is 5.91. The number of likely N-dealkylation sites (N-methyl/N-ethyl adjacent to an activating group) is 1. The first-order valence-corrected chi connectivity index (χ1v) is 6.22. The Morgan fingerprint density at radius 2 is 2.00 bits per heavy atom. The third-order valence-corrected chi connectivity index (χ3v) is 3.20. The van der Waals surface area contributed by atoms with Crippen molar-refractivity contribution in [1.29, 1.82) is 5.26 Å². The molecule has 1 aromatic rings. The van der Waals surface area contributed by atoms with E-state index >= 15 is 0 Å². The Kier molecular flexibility index (Phi) is 5.05. The van der Waals surface area contributed by atoms with Crippen LogP contribution in [-0.2, 0) is 12.8 Å². The molecule has 1 rings (SSSR count). The fourth-order valence-corrected chi connectivity index (χ4v) is 1.86. The molecule has 0 aromatic carbocycles. The van der Waals surface area contributed by atoms with E-state index < -0.39 is 0 Å². The molecule has 0 aliphatic heterocycles. The molecule has 1 heterocycles. The molecule has 0 aliphatic rings. The van der Waals surface area contributed by atoms with Crippen LogP contribution in [-0.4, -0.2) is 35.0 Å². The maximum atomic E-state index is 9.35. The highest BCUT2D eigenvalue weighted by Crippen LogP contribution is 2.23. The zero-order valence-electron chi connectivity index (χ0n) is 11.4. The van der Waals surface area contributed by atoms with E-state index in [1.807, 2.05) is 27.8 Å². The highest BCUT2D eigenvalue weighted by atomic mass is 16.3. The van der Waals surface area contributed by atoms with Crippen LogP contribution in [0, 0.1) is 11.3 Å². The van der Waals surface area contributed by atoms with Crippen LogP contribution in [0.2, 0.25) is 0 Å². The summed E-state index contributed by atoms with van der Waals surface area (Å²) in [5, 5.41) is 26.9. The monoisotopic (exact) mass is 248 g/mol. The second kappa shape index (κ2) is 6.31. The fraction of sp³-hybridized carbons (Fsp3) is 0.615. The molecule has 0 saturated carbocycles. The molecule has 0 amide bonds. The minimum Gasteiger partial charge on any atom is -0.394 e. The van der Waals surface area contributed by atoms with E-state index in [1.54, 1.807) is 4.90 Å². The second-order valence-corrected chi connectivity index (χ2v) is 4.29. The van der Waals surface area contributed by atoms with Gasteiger partial charge >= 0.3 is 0 Å². The third-order valence-electron chi connectivity index (χ3n) is 3.20. The number of nitrogens with zero attached hydrogens (tertiary/aromatic N) is 4. The number of aliphatic hydroxyl groups is 1. The molecular formula is C13H20N4O. The number of rotatable bonds is 5. The summed E-state index contributed by atoms with van der Waals surface area (Å²) in [5.74, 6) is 0.549. The van der Waals surface area contributed by atoms with Crippen LogP contribution in [0.3, 0.4) is 0 Å². The van der Waals surface area contributed by atoms with Gasteiger partial charge in [0.05, 0.1) is 18.3 Å². The molecule has 1 aromatic heterocycles. The van der Waals surface area contributed by atoms with Crippen molar-refractivity contribution in [1.82, 2.24) is 10.2 Å². The predicted molar refractivity (Wildman–Crippen MR) is 70.5 cm³/mol. The lowest BCUT2D eigenvalue weighted by molar-refractivity contribution is 0.269. The molecule has 18 heavy (non-hydrogen) atoms. The SMILES string of the molecule is CCc1nnc(N(C)C(C)CO)c(C#N)c1CC. The Balaban J connectivity index is 3.34. The van der Waals surface area contributed by atoms with Crippen LogP contribution >= 0.6 is 0 Å². The lowest BCUT2D eigenvalue weighted by atomic mass is 10.0. The van der Waals surface area contributed by atoms with Gasteiger partial charge in [0, 0.05) is 7.05 Å². The zero-order valence-corrected chi connectivity index (χ0v) is 11.4. The average Bonchev–Trinajstić information content (AvgIpc) is 2.43. The molecular weight excluding hydrogens is 228 g/mol. The first-order chi connectivity index (χ1) is 8.60. The van der Waals surface area contributed by atoms with Gasteiger partial charge in [-0.05, 0) is 25.3 Å². The quantitative estimate of drug-likeness (QED) is 0.850. The number of aromatic nitrogens is 2. The molecule has 1 unspecified atom stereocenters. The van der Waals surface area contributed by atoms with Gasteiger partial charge in [0.25, 0.3) is 0 Å². The highest BCUT2D eigenvalue weighted by Gasteiger charge is 2.19. The Morgan fingerprint density at radius 3 is 2.44 bits per heavy atom. The minimum absolute atomic E-state index is 0.0139. The molecule has 0 bridgehead atoms. The van der Waals surface area contributed by atoms with E-state index in [-0.39, 0.29) is 12.6 Å². The molecule has 0 radical (unpaired) electrons.